The van der Waals surface area contributed by atoms with Gasteiger partial charge in [0.1, 0.15) is 5.75 Å². The maximum Gasteiger partial charge on any atom is 0.165 e. The second-order valence-corrected chi connectivity index (χ2v) is 3.49. The van der Waals surface area contributed by atoms with E-state index in [4.69, 9.17) is 10.5 Å². The normalized spacial score (nSPS) is 14.1. The first-order chi connectivity index (χ1) is 6.74. The van der Waals surface area contributed by atoms with Crippen LogP contribution < -0.4 is 10.5 Å². The number of Topliss-reactive ketones (excluding diaryl/α,β-unsaturated/α-hetero) is 1. The van der Waals surface area contributed by atoms with Crippen LogP contribution in [0.1, 0.15) is 28.8 Å². The lowest BCUT2D eigenvalue weighted by atomic mass is 9.89. The van der Waals surface area contributed by atoms with Crippen LogP contribution in [-0.4, -0.2) is 12.9 Å². The number of carbonyl (C=O) groups excluding carboxylic acids is 1. The summed E-state index contributed by atoms with van der Waals surface area (Å²) in [6, 6.07) is 3.56. The third-order valence-electron chi connectivity index (χ3n) is 2.63. The summed E-state index contributed by atoms with van der Waals surface area (Å²) in [7, 11) is 1.62. The number of benzene rings is 1. The lowest BCUT2D eigenvalue weighted by molar-refractivity contribution is 0.0972. The van der Waals surface area contributed by atoms with E-state index in [-0.39, 0.29) is 18.2 Å². The molecular formula is C11H14ClNO2. The average molecular weight is 228 g/mol. The summed E-state index contributed by atoms with van der Waals surface area (Å²) in [5, 5.41) is 0. The third-order valence-corrected chi connectivity index (χ3v) is 2.63. The summed E-state index contributed by atoms with van der Waals surface area (Å²) < 4.78 is 5.21. The third kappa shape index (κ3) is 1.92. The van der Waals surface area contributed by atoms with Crippen molar-refractivity contribution in [2.45, 2.75) is 19.3 Å². The molecule has 1 aromatic carbocycles. The molecule has 3 nitrogen and oxygen atoms in total. The molecule has 0 saturated carbocycles. The van der Waals surface area contributed by atoms with E-state index in [0.29, 0.717) is 17.7 Å². The molecule has 4 heteroatoms. The van der Waals surface area contributed by atoms with Crippen molar-refractivity contribution < 1.29 is 9.53 Å². The number of nitrogen functional groups attached to an aromatic ring is 1. The van der Waals surface area contributed by atoms with Gasteiger partial charge in [-0.3, -0.25) is 4.79 Å². The van der Waals surface area contributed by atoms with Crippen LogP contribution in [0, 0.1) is 0 Å². The van der Waals surface area contributed by atoms with E-state index >= 15 is 0 Å². The smallest absolute Gasteiger partial charge is 0.165 e. The number of hydrogen-bond acceptors (Lipinski definition) is 3. The first kappa shape index (κ1) is 11.9. The molecule has 0 unspecified atom stereocenters. The van der Waals surface area contributed by atoms with Gasteiger partial charge in [-0.1, -0.05) is 0 Å². The minimum atomic E-state index is 0. The largest absolute Gasteiger partial charge is 0.496 e. The Hall–Kier alpha value is -1.22. The van der Waals surface area contributed by atoms with E-state index in [9.17, 15) is 4.79 Å². The van der Waals surface area contributed by atoms with Gasteiger partial charge in [-0.15, -0.1) is 12.4 Å². The van der Waals surface area contributed by atoms with Crippen LogP contribution in [0.3, 0.4) is 0 Å². The Morgan fingerprint density at radius 1 is 1.33 bits per heavy atom. The highest BCUT2D eigenvalue weighted by Gasteiger charge is 2.22. The molecular weight excluding hydrogens is 214 g/mol. The summed E-state index contributed by atoms with van der Waals surface area (Å²) in [5.41, 5.74) is 8.01. The Bertz CT molecular complexity index is 390. The Morgan fingerprint density at radius 3 is 2.73 bits per heavy atom. The highest BCUT2D eigenvalue weighted by atomic mass is 35.5. The molecule has 0 radical (unpaired) electrons. The van der Waals surface area contributed by atoms with Gasteiger partial charge < -0.3 is 10.5 Å². The molecule has 0 spiro atoms. The Kier molecular flexibility index (Phi) is 3.58. The van der Waals surface area contributed by atoms with Gasteiger partial charge in [0, 0.05) is 23.2 Å². The topological polar surface area (TPSA) is 52.3 Å². The number of rotatable bonds is 1. The zero-order valence-corrected chi connectivity index (χ0v) is 9.39. The second-order valence-electron chi connectivity index (χ2n) is 3.49. The molecule has 0 aliphatic heterocycles. The van der Waals surface area contributed by atoms with E-state index in [1.807, 2.05) is 6.07 Å². The average Bonchev–Trinajstić information content (AvgIpc) is 2.18. The minimum absolute atomic E-state index is 0. The highest BCUT2D eigenvalue weighted by Crippen LogP contribution is 2.33. The maximum atomic E-state index is 11.6. The van der Waals surface area contributed by atoms with E-state index in [1.165, 1.54) is 0 Å². The molecule has 0 heterocycles. The molecule has 2 rings (SSSR count). The van der Waals surface area contributed by atoms with Crippen LogP contribution >= 0.6 is 12.4 Å². The molecule has 0 bridgehead atoms. The molecule has 2 N–H and O–H groups in total. The molecule has 0 fully saturated rings. The van der Waals surface area contributed by atoms with Crippen LogP contribution in [0.5, 0.6) is 5.75 Å². The number of anilines is 1. The van der Waals surface area contributed by atoms with Crippen LogP contribution in [0.4, 0.5) is 5.69 Å². The molecule has 15 heavy (non-hydrogen) atoms. The summed E-state index contributed by atoms with van der Waals surface area (Å²) in [6.45, 7) is 0. The molecule has 1 aliphatic rings. The van der Waals surface area contributed by atoms with Crippen molar-refractivity contribution in [1.29, 1.82) is 0 Å². The summed E-state index contributed by atoms with van der Waals surface area (Å²) in [6.07, 6.45) is 2.38. The fraction of sp³-hybridized carbons (Fsp3) is 0.364. The van der Waals surface area contributed by atoms with Gasteiger partial charge in [-0.25, -0.2) is 0 Å². The number of carbonyl (C=O) groups is 1. The first-order valence-electron chi connectivity index (χ1n) is 4.72. The number of ether oxygens (including phenoxy) is 1. The van der Waals surface area contributed by atoms with Gasteiger partial charge in [0.15, 0.2) is 5.78 Å². The Balaban J connectivity index is 0.00000112. The Morgan fingerprint density at radius 2 is 2.07 bits per heavy atom. The molecule has 1 aromatic rings. The van der Waals surface area contributed by atoms with E-state index in [1.54, 1.807) is 13.2 Å². The standard InChI is InChI=1S/C11H13NO2.ClH/c1-14-10-6-5-8(12)11-7(10)3-2-4-9(11)13;/h5-6H,2-4,12H2,1H3;1H. The van der Waals surface area contributed by atoms with Crippen LogP contribution in [0.25, 0.3) is 0 Å². The van der Waals surface area contributed by atoms with E-state index in [2.05, 4.69) is 0 Å². The van der Waals surface area contributed by atoms with Gasteiger partial charge in [0.05, 0.1) is 7.11 Å². The lowest BCUT2D eigenvalue weighted by Crippen LogP contribution is -2.14. The maximum absolute atomic E-state index is 11.6. The van der Waals surface area contributed by atoms with Gasteiger partial charge in [0.25, 0.3) is 0 Å². The zero-order chi connectivity index (χ0) is 10.1. The molecule has 0 saturated heterocycles. The van der Waals surface area contributed by atoms with Gasteiger partial charge in [-0.05, 0) is 25.0 Å². The van der Waals surface area contributed by atoms with Crippen molar-refractivity contribution in [3.63, 3.8) is 0 Å². The predicted molar refractivity (Wildman–Crippen MR) is 61.9 cm³/mol. The van der Waals surface area contributed by atoms with E-state index in [0.717, 1.165) is 24.2 Å². The number of halogens is 1. The van der Waals surface area contributed by atoms with Crippen molar-refractivity contribution in [3.8, 4) is 5.75 Å². The number of ketones is 1. The fourth-order valence-electron chi connectivity index (χ4n) is 1.97. The van der Waals surface area contributed by atoms with Crippen molar-refractivity contribution >= 4 is 23.9 Å². The fourth-order valence-corrected chi connectivity index (χ4v) is 1.97. The monoisotopic (exact) mass is 227 g/mol. The minimum Gasteiger partial charge on any atom is -0.496 e. The SMILES string of the molecule is COc1ccc(N)c2c1CCCC2=O.Cl. The van der Waals surface area contributed by atoms with Crippen molar-refractivity contribution in [1.82, 2.24) is 0 Å². The zero-order valence-electron chi connectivity index (χ0n) is 8.58. The van der Waals surface area contributed by atoms with Gasteiger partial charge in [-0.2, -0.15) is 0 Å². The van der Waals surface area contributed by atoms with Crippen LogP contribution in [0.2, 0.25) is 0 Å². The number of methoxy groups -OCH3 is 1. The van der Waals surface area contributed by atoms with Crippen molar-refractivity contribution in [2.75, 3.05) is 12.8 Å². The van der Waals surface area contributed by atoms with Crippen molar-refractivity contribution in [2.24, 2.45) is 0 Å². The second kappa shape index (κ2) is 4.53. The van der Waals surface area contributed by atoms with Gasteiger partial charge >= 0.3 is 0 Å². The lowest BCUT2D eigenvalue weighted by Gasteiger charge is -2.19. The highest BCUT2D eigenvalue weighted by molar-refractivity contribution is 6.03. The van der Waals surface area contributed by atoms with Crippen LogP contribution in [0.15, 0.2) is 12.1 Å². The van der Waals surface area contributed by atoms with Crippen LogP contribution in [-0.2, 0) is 6.42 Å². The number of fused-ring (bicyclic) bond motifs is 1. The number of nitrogens with two attached hydrogens (primary N) is 1. The molecule has 0 amide bonds. The first-order valence-corrected chi connectivity index (χ1v) is 4.72. The predicted octanol–water partition coefficient (Wildman–Crippen LogP) is 2.22. The van der Waals surface area contributed by atoms with Gasteiger partial charge in [0.2, 0.25) is 0 Å². The molecule has 1 aliphatic carbocycles. The van der Waals surface area contributed by atoms with E-state index < -0.39 is 0 Å². The molecule has 82 valence electrons. The summed E-state index contributed by atoms with van der Waals surface area (Å²) in [4.78, 5) is 11.6. The quantitative estimate of drug-likeness (QED) is 0.749. The Labute approximate surface area is 95.0 Å². The molecule has 0 aromatic heterocycles. The number of hydrogen-bond donors (Lipinski definition) is 1. The summed E-state index contributed by atoms with van der Waals surface area (Å²) >= 11 is 0. The molecule has 0 atom stereocenters. The van der Waals surface area contributed by atoms with Crippen molar-refractivity contribution in [3.05, 3.63) is 23.3 Å². The summed E-state index contributed by atoms with van der Waals surface area (Å²) in [5.74, 6) is 0.921.